The summed E-state index contributed by atoms with van der Waals surface area (Å²) in [6.07, 6.45) is 4.29. The number of rotatable bonds is 2. The number of nitrogens with two attached hydrogens (primary N) is 1. The van der Waals surface area contributed by atoms with Gasteiger partial charge in [-0.15, -0.1) is 0 Å². The quantitative estimate of drug-likeness (QED) is 0.815. The number of nitrogen functional groups attached to an aromatic ring is 1. The molecule has 0 spiro atoms. The highest BCUT2D eigenvalue weighted by atomic mass is 16.5. The fourth-order valence-electron chi connectivity index (χ4n) is 3.40. The fraction of sp³-hybridized carbons (Fsp3) is 0.600. The van der Waals surface area contributed by atoms with Crippen LogP contribution in [0.15, 0.2) is 24.3 Å². The van der Waals surface area contributed by atoms with Crippen LogP contribution in [0.5, 0.6) is 0 Å². The molecule has 1 heterocycles. The molecule has 0 radical (unpaired) electrons. The fourth-order valence-corrected chi connectivity index (χ4v) is 3.40. The molecule has 2 aliphatic rings. The second kappa shape index (κ2) is 4.90. The van der Waals surface area contributed by atoms with E-state index in [4.69, 9.17) is 10.5 Å². The molecule has 3 nitrogen and oxygen atoms in total. The third-order valence-corrected chi connectivity index (χ3v) is 4.44. The molecule has 3 atom stereocenters. The lowest BCUT2D eigenvalue weighted by molar-refractivity contribution is -0.0698. The molecule has 1 saturated carbocycles. The van der Waals surface area contributed by atoms with E-state index in [0.29, 0.717) is 18.2 Å². The van der Waals surface area contributed by atoms with Crippen molar-refractivity contribution in [3.05, 3.63) is 29.8 Å². The summed E-state index contributed by atoms with van der Waals surface area (Å²) in [7, 11) is 0. The van der Waals surface area contributed by atoms with E-state index >= 15 is 0 Å². The second-order valence-corrected chi connectivity index (χ2v) is 5.49. The molecule has 3 heteroatoms. The summed E-state index contributed by atoms with van der Waals surface area (Å²) in [6.45, 7) is 4.22. The van der Waals surface area contributed by atoms with Crippen molar-refractivity contribution >= 4 is 5.69 Å². The SMILES string of the molecule is CC(c1ccc(N)cc1)N1CCOC2CCCC21. The Hall–Kier alpha value is -1.06. The number of hydrogen-bond donors (Lipinski definition) is 1. The normalized spacial score (nSPS) is 30.1. The molecule has 2 N–H and O–H groups in total. The van der Waals surface area contributed by atoms with Crippen LogP contribution >= 0.6 is 0 Å². The summed E-state index contributed by atoms with van der Waals surface area (Å²) in [5, 5.41) is 0. The van der Waals surface area contributed by atoms with Crippen LogP contribution in [0.25, 0.3) is 0 Å². The van der Waals surface area contributed by atoms with E-state index in [1.807, 2.05) is 12.1 Å². The van der Waals surface area contributed by atoms with Gasteiger partial charge in [-0.05, 0) is 43.9 Å². The third-order valence-electron chi connectivity index (χ3n) is 4.44. The molecule has 0 amide bonds. The molecular formula is C15H22N2O. The molecule has 2 fully saturated rings. The van der Waals surface area contributed by atoms with Gasteiger partial charge in [0.25, 0.3) is 0 Å². The minimum atomic E-state index is 0.458. The summed E-state index contributed by atoms with van der Waals surface area (Å²) in [5.74, 6) is 0. The maximum absolute atomic E-state index is 5.88. The Morgan fingerprint density at radius 1 is 1.28 bits per heavy atom. The van der Waals surface area contributed by atoms with Crippen LogP contribution < -0.4 is 5.73 Å². The number of ether oxygens (including phenoxy) is 1. The number of anilines is 1. The Labute approximate surface area is 109 Å². The number of fused-ring (bicyclic) bond motifs is 1. The Morgan fingerprint density at radius 2 is 2.06 bits per heavy atom. The Kier molecular flexibility index (Phi) is 3.27. The Bertz CT molecular complexity index is 403. The molecule has 0 aromatic heterocycles. The van der Waals surface area contributed by atoms with E-state index in [2.05, 4.69) is 24.0 Å². The first-order valence-corrected chi connectivity index (χ1v) is 6.98. The predicted molar refractivity (Wildman–Crippen MR) is 73.4 cm³/mol. The topological polar surface area (TPSA) is 38.5 Å². The van der Waals surface area contributed by atoms with Gasteiger partial charge in [0.15, 0.2) is 0 Å². The summed E-state index contributed by atoms with van der Waals surface area (Å²) < 4.78 is 5.88. The van der Waals surface area contributed by atoms with E-state index in [-0.39, 0.29) is 0 Å². The van der Waals surface area contributed by atoms with Crippen LogP contribution in [-0.2, 0) is 4.74 Å². The van der Waals surface area contributed by atoms with Gasteiger partial charge in [0.05, 0.1) is 12.7 Å². The smallest absolute Gasteiger partial charge is 0.0731 e. The van der Waals surface area contributed by atoms with Gasteiger partial charge in [-0.1, -0.05) is 12.1 Å². The minimum Gasteiger partial charge on any atom is -0.399 e. The van der Waals surface area contributed by atoms with E-state index in [1.165, 1.54) is 24.8 Å². The molecule has 1 aromatic rings. The highest BCUT2D eigenvalue weighted by Gasteiger charge is 2.38. The predicted octanol–water partition coefficient (Wildman–Crippen LogP) is 2.58. The van der Waals surface area contributed by atoms with Gasteiger partial charge in [-0.25, -0.2) is 0 Å². The van der Waals surface area contributed by atoms with E-state index in [0.717, 1.165) is 18.8 Å². The van der Waals surface area contributed by atoms with Crippen molar-refractivity contribution in [2.45, 2.75) is 44.4 Å². The van der Waals surface area contributed by atoms with Gasteiger partial charge < -0.3 is 10.5 Å². The van der Waals surface area contributed by atoms with E-state index < -0.39 is 0 Å². The van der Waals surface area contributed by atoms with Gasteiger partial charge in [-0.3, -0.25) is 4.90 Å². The maximum Gasteiger partial charge on any atom is 0.0731 e. The van der Waals surface area contributed by atoms with Gasteiger partial charge >= 0.3 is 0 Å². The zero-order chi connectivity index (χ0) is 12.5. The number of benzene rings is 1. The van der Waals surface area contributed by atoms with Crippen molar-refractivity contribution in [1.82, 2.24) is 4.90 Å². The summed E-state index contributed by atoms with van der Waals surface area (Å²) in [6, 6.07) is 9.38. The zero-order valence-electron chi connectivity index (χ0n) is 11.0. The van der Waals surface area contributed by atoms with E-state index in [1.54, 1.807) is 0 Å². The highest BCUT2D eigenvalue weighted by Crippen LogP contribution is 2.35. The standard InChI is InChI=1S/C15H22N2O/c1-11(12-5-7-13(16)8-6-12)17-9-10-18-15-4-2-3-14(15)17/h5-8,11,14-15H,2-4,9-10,16H2,1H3. The molecular weight excluding hydrogens is 224 g/mol. The molecule has 1 saturated heterocycles. The lowest BCUT2D eigenvalue weighted by Crippen LogP contribution is -2.49. The zero-order valence-corrected chi connectivity index (χ0v) is 11.0. The van der Waals surface area contributed by atoms with Crippen molar-refractivity contribution in [3.63, 3.8) is 0 Å². The molecule has 3 rings (SSSR count). The maximum atomic E-state index is 5.88. The average Bonchev–Trinajstić information content (AvgIpc) is 2.87. The first-order chi connectivity index (χ1) is 8.75. The van der Waals surface area contributed by atoms with Crippen molar-refractivity contribution in [2.24, 2.45) is 0 Å². The molecule has 18 heavy (non-hydrogen) atoms. The second-order valence-electron chi connectivity index (χ2n) is 5.49. The number of nitrogens with zero attached hydrogens (tertiary/aromatic N) is 1. The van der Waals surface area contributed by atoms with Crippen molar-refractivity contribution < 1.29 is 4.74 Å². The van der Waals surface area contributed by atoms with Crippen LogP contribution in [0.3, 0.4) is 0 Å². The number of hydrogen-bond acceptors (Lipinski definition) is 3. The highest BCUT2D eigenvalue weighted by molar-refractivity contribution is 5.40. The molecule has 98 valence electrons. The third kappa shape index (κ3) is 2.13. The van der Waals surface area contributed by atoms with Gasteiger partial charge in [0.1, 0.15) is 0 Å². The lowest BCUT2D eigenvalue weighted by Gasteiger charge is -2.41. The monoisotopic (exact) mass is 246 g/mol. The summed E-state index contributed by atoms with van der Waals surface area (Å²) in [5.41, 5.74) is 7.95. The first-order valence-electron chi connectivity index (χ1n) is 6.98. The largest absolute Gasteiger partial charge is 0.399 e. The van der Waals surface area contributed by atoms with Crippen LogP contribution in [-0.4, -0.2) is 30.2 Å². The van der Waals surface area contributed by atoms with Crippen molar-refractivity contribution in [1.29, 1.82) is 0 Å². The average molecular weight is 246 g/mol. The Balaban J connectivity index is 1.78. The van der Waals surface area contributed by atoms with Gasteiger partial charge in [0, 0.05) is 24.3 Å². The molecule has 1 aromatic carbocycles. The van der Waals surface area contributed by atoms with Crippen molar-refractivity contribution in [2.75, 3.05) is 18.9 Å². The molecule has 1 aliphatic carbocycles. The Morgan fingerprint density at radius 3 is 2.83 bits per heavy atom. The minimum absolute atomic E-state index is 0.458. The molecule has 3 unspecified atom stereocenters. The molecule has 0 bridgehead atoms. The van der Waals surface area contributed by atoms with Crippen LogP contribution in [0.4, 0.5) is 5.69 Å². The van der Waals surface area contributed by atoms with Gasteiger partial charge in [-0.2, -0.15) is 0 Å². The number of morpholine rings is 1. The molecule has 1 aliphatic heterocycles. The van der Waals surface area contributed by atoms with Crippen molar-refractivity contribution in [3.8, 4) is 0 Å². The summed E-state index contributed by atoms with van der Waals surface area (Å²) in [4.78, 5) is 2.62. The van der Waals surface area contributed by atoms with E-state index in [9.17, 15) is 0 Å². The van der Waals surface area contributed by atoms with Crippen LogP contribution in [0.1, 0.15) is 37.8 Å². The lowest BCUT2D eigenvalue weighted by atomic mass is 10.0. The van der Waals surface area contributed by atoms with Gasteiger partial charge in [0.2, 0.25) is 0 Å². The first kappa shape index (κ1) is 12.0. The van der Waals surface area contributed by atoms with Crippen LogP contribution in [0, 0.1) is 0 Å². The summed E-state index contributed by atoms with van der Waals surface area (Å²) >= 11 is 0. The van der Waals surface area contributed by atoms with Crippen LogP contribution in [0.2, 0.25) is 0 Å².